The van der Waals surface area contributed by atoms with E-state index in [0.29, 0.717) is 19.6 Å². The molecule has 1 amide bonds. The van der Waals surface area contributed by atoms with Crippen LogP contribution in [0.25, 0.3) is 0 Å². The van der Waals surface area contributed by atoms with Gasteiger partial charge in [-0.05, 0) is 51.8 Å². The molecule has 28 heavy (non-hydrogen) atoms. The van der Waals surface area contributed by atoms with Gasteiger partial charge in [-0.3, -0.25) is 9.48 Å². The molecule has 0 aliphatic carbocycles. The number of aromatic nitrogens is 2. The van der Waals surface area contributed by atoms with Crippen molar-refractivity contribution in [2.45, 2.75) is 6.54 Å². The zero-order valence-corrected chi connectivity index (χ0v) is 17.6. The number of carbonyl (C=O) groups is 1. The highest BCUT2D eigenvalue weighted by molar-refractivity contribution is 9.10. The summed E-state index contributed by atoms with van der Waals surface area (Å²) in [4.78, 5) is 17.0. The lowest BCUT2D eigenvalue weighted by Gasteiger charge is -2.36. The molecular formula is C21H20BrClN4O. The molecule has 0 atom stereocenters. The number of rotatable bonds is 4. The maximum atomic E-state index is 12.8. The summed E-state index contributed by atoms with van der Waals surface area (Å²) in [5.41, 5.74) is 2.94. The summed E-state index contributed by atoms with van der Waals surface area (Å²) in [7, 11) is 0. The first kappa shape index (κ1) is 19.0. The Kier molecular flexibility index (Phi) is 5.69. The predicted octanol–water partition coefficient (Wildman–Crippen LogP) is 4.31. The fourth-order valence-corrected chi connectivity index (χ4v) is 3.90. The minimum Gasteiger partial charge on any atom is -0.368 e. The Morgan fingerprint density at radius 3 is 2.46 bits per heavy atom. The van der Waals surface area contributed by atoms with Crippen LogP contribution in [0.4, 0.5) is 5.69 Å². The third kappa shape index (κ3) is 4.39. The molecule has 3 aromatic rings. The molecule has 0 bridgehead atoms. The van der Waals surface area contributed by atoms with Crippen LogP contribution in [-0.2, 0) is 6.54 Å². The second-order valence-electron chi connectivity index (χ2n) is 6.81. The van der Waals surface area contributed by atoms with Crippen molar-refractivity contribution in [2.75, 3.05) is 31.1 Å². The second-order valence-corrected chi connectivity index (χ2v) is 8.16. The van der Waals surface area contributed by atoms with Gasteiger partial charge >= 0.3 is 0 Å². The molecule has 2 heterocycles. The SMILES string of the molecule is O=C(c1ccc(Cn2cc(Br)cn2)cc1)N1CCN(c2cccc(Cl)c2)CC1. The largest absolute Gasteiger partial charge is 0.368 e. The molecule has 0 saturated carbocycles. The Hall–Kier alpha value is -2.31. The quantitative estimate of drug-likeness (QED) is 0.584. The number of hydrogen-bond acceptors (Lipinski definition) is 3. The van der Waals surface area contributed by atoms with E-state index in [-0.39, 0.29) is 5.91 Å². The average molecular weight is 460 g/mol. The van der Waals surface area contributed by atoms with Crippen LogP contribution < -0.4 is 4.90 Å². The first-order chi connectivity index (χ1) is 13.6. The van der Waals surface area contributed by atoms with Crippen molar-refractivity contribution in [3.8, 4) is 0 Å². The average Bonchev–Trinajstić information content (AvgIpc) is 3.13. The van der Waals surface area contributed by atoms with E-state index < -0.39 is 0 Å². The Morgan fingerprint density at radius 2 is 1.82 bits per heavy atom. The number of amides is 1. The van der Waals surface area contributed by atoms with Gasteiger partial charge in [0.15, 0.2) is 0 Å². The van der Waals surface area contributed by atoms with Crippen molar-refractivity contribution in [3.05, 3.63) is 81.5 Å². The second kappa shape index (κ2) is 8.37. The van der Waals surface area contributed by atoms with E-state index in [1.807, 2.05) is 58.2 Å². The number of carbonyl (C=O) groups excluding carboxylic acids is 1. The smallest absolute Gasteiger partial charge is 0.253 e. The summed E-state index contributed by atoms with van der Waals surface area (Å²) in [6.07, 6.45) is 3.69. The number of piperazine rings is 1. The van der Waals surface area contributed by atoms with Gasteiger partial charge in [-0.25, -0.2) is 0 Å². The first-order valence-corrected chi connectivity index (χ1v) is 10.3. The topological polar surface area (TPSA) is 41.4 Å². The fraction of sp³-hybridized carbons (Fsp3) is 0.238. The summed E-state index contributed by atoms with van der Waals surface area (Å²) in [6.45, 7) is 3.69. The highest BCUT2D eigenvalue weighted by atomic mass is 79.9. The third-order valence-corrected chi connectivity index (χ3v) is 5.53. The number of hydrogen-bond donors (Lipinski definition) is 0. The van der Waals surface area contributed by atoms with E-state index >= 15 is 0 Å². The number of halogens is 2. The van der Waals surface area contributed by atoms with Gasteiger partial charge in [-0.15, -0.1) is 0 Å². The molecule has 1 aliphatic heterocycles. The Labute approximate surface area is 177 Å². The van der Waals surface area contributed by atoms with Crippen LogP contribution in [0.5, 0.6) is 0 Å². The maximum absolute atomic E-state index is 12.8. The van der Waals surface area contributed by atoms with E-state index in [0.717, 1.165) is 39.4 Å². The van der Waals surface area contributed by atoms with Crippen LogP contribution in [0.15, 0.2) is 65.4 Å². The molecule has 144 valence electrons. The lowest BCUT2D eigenvalue weighted by atomic mass is 10.1. The molecular weight excluding hydrogens is 440 g/mol. The van der Waals surface area contributed by atoms with Gasteiger partial charge in [0.25, 0.3) is 5.91 Å². The zero-order chi connectivity index (χ0) is 19.5. The normalized spacial score (nSPS) is 14.4. The molecule has 4 rings (SSSR count). The monoisotopic (exact) mass is 458 g/mol. The van der Waals surface area contributed by atoms with Crippen molar-refractivity contribution < 1.29 is 4.79 Å². The predicted molar refractivity (Wildman–Crippen MR) is 115 cm³/mol. The van der Waals surface area contributed by atoms with Gasteiger partial charge < -0.3 is 9.80 Å². The molecule has 2 aromatic carbocycles. The van der Waals surface area contributed by atoms with Crippen LogP contribution in [0.3, 0.4) is 0 Å². The Balaban J connectivity index is 1.36. The van der Waals surface area contributed by atoms with Crippen LogP contribution >= 0.6 is 27.5 Å². The molecule has 1 aliphatic rings. The summed E-state index contributed by atoms with van der Waals surface area (Å²) < 4.78 is 2.81. The fourth-order valence-electron chi connectivity index (χ4n) is 3.39. The molecule has 1 fully saturated rings. The number of nitrogens with zero attached hydrogens (tertiary/aromatic N) is 4. The highest BCUT2D eigenvalue weighted by Crippen LogP contribution is 2.21. The minimum atomic E-state index is 0.0825. The van der Waals surface area contributed by atoms with Gasteiger partial charge in [0, 0.05) is 48.6 Å². The van der Waals surface area contributed by atoms with Crippen LogP contribution in [0.1, 0.15) is 15.9 Å². The summed E-state index contributed by atoms with van der Waals surface area (Å²) in [6, 6.07) is 15.6. The third-order valence-electron chi connectivity index (χ3n) is 4.89. The standard InChI is InChI=1S/C21H20BrClN4O/c22-18-13-24-27(15-18)14-16-4-6-17(7-5-16)21(28)26-10-8-25(9-11-26)20-3-1-2-19(23)12-20/h1-7,12-13,15H,8-11,14H2. The van der Waals surface area contributed by atoms with Gasteiger partial charge in [-0.2, -0.15) is 5.10 Å². The van der Waals surface area contributed by atoms with Crippen molar-refractivity contribution in [3.63, 3.8) is 0 Å². The van der Waals surface area contributed by atoms with Crippen molar-refractivity contribution >= 4 is 39.1 Å². The first-order valence-electron chi connectivity index (χ1n) is 9.15. The van der Waals surface area contributed by atoms with Crippen molar-refractivity contribution in [1.82, 2.24) is 14.7 Å². The van der Waals surface area contributed by atoms with Gasteiger partial charge in [0.1, 0.15) is 0 Å². The molecule has 0 N–H and O–H groups in total. The van der Waals surface area contributed by atoms with E-state index in [1.54, 1.807) is 6.20 Å². The van der Waals surface area contributed by atoms with Crippen LogP contribution in [0.2, 0.25) is 5.02 Å². The van der Waals surface area contributed by atoms with Gasteiger partial charge in [0.05, 0.1) is 17.2 Å². The Morgan fingerprint density at radius 1 is 1.07 bits per heavy atom. The highest BCUT2D eigenvalue weighted by Gasteiger charge is 2.22. The maximum Gasteiger partial charge on any atom is 0.253 e. The molecule has 0 unspecified atom stereocenters. The molecule has 0 spiro atoms. The molecule has 1 aromatic heterocycles. The van der Waals surface area contributed by atoms with Crippen LogP contribution in [-0.4, -0.2) is 46.8 Å². The summed E-state index contributed by atoms with van der Waals surface area (Å²) >= 11 is 9.49. The van der Waals surface area contributed by atoms with E-state index in [9.17, 15) is 4.79 Å². The van der Waals surface area contributed by atoms with Crippen LogP contribution in [0, 0.1) is 0 Å². The lowest BCUT2D eigenvalue weighted by molar-refractivity contribution is 0.0747. The lowest BCUT2D eigenvalue weighted by Crippen LogP contribution is -2.48. The van der Waals surface area contributed by atoms with E-state index in [4.69, 9.17) is 11.6 Å². The molecule has 1 saturated heterocycles. The molecule has 5 nitrogen and oxygen atoms in total. The zero-order valence-electron chi connectivity index (χ0n) is 15.3. The van der Waals surface area contributed by atoms with E-state index in [2.05, 4.69) is 32.0 Å². The van der Waals surface area contributed by atoms with Gasteiger partial charge in [0.2, 0.25) is 0 Å². The minimum absolute atomic E-state index is 0.0825. The van der Waals surface area contributed by atoms with Crippen molar-refractivity contribution in [2.24, 2.45) is 0 Å². The summed E-state index contributed by atoms with van der Waals surface area (Å²) in [5.74, 6) is 0.0825. The number of benzene rings is 2. The molecule has 7 heteroatoms. The number of anilines is 1. The van der Waals surface area contributed by atoms with E-state index in [1.165, 1.54) is 0 Å². The van der Waals surface area contributed by atoms with Crippen molar-refractivity contribution in [1.29, 1.82) is 0 Å². The van der Waals surface area contributed by atoms with Gasteiger partial charge in [-0.1, -0.05) is 29.8 Å². The Bertz CT molecular complexity index is 965. The molecule has 0 radical (unpaired) electrons. The summed E-state index contributed by atoms with van der Waals surface area (Å²) in [5, 5.41) is 5.00.